The molecule has 3 rings (SSSR count). The molecule has 0 aliphatic carbocycles. The molecule has 0 saturated carbocycles. The van der Waals surface area contributed by atoms with Crippen LogP contribution in [0.15, 0.2) is 42.5 Å². The molecule has 0 unspecified atom stereocenters. The van der Waals surface area contributed by atoms with Gasteiger partial charge in [0.15, 0.2) is 0 Å². The lowest BCUT2D eigenvalue weighted by Gasteiger charge is -2.07. The molecule has 0 saturated heterocycles. The zero-order valence-electron chi connectivity index (χ0n) is 12.1. The van der Waals surface area contributed by atoms with Crippen molar-refractivity contribution < 1.29 is 19.1 Å². The van der Waals surface area contributed by atoms with E-state index in [0.717, 1.165) is 16.9 Å². The van der Waals surface area contributed by atoms with Gasteiger partial charge < -0.3 is 14.8 Å². The Hall–Kier alpha value is -2.82. The first kappa shape index (κ1) is 14.1. The molecule has 1 aliphatic rings. The van der Waals surface area contributed by atoms with E-state index in [0.29, 0.717) is 17.9 Å². The van der Waals surface area contributed by atoms with Gasteiger partial charge in [-0.2, -0.15) is 0 Å². The Morgan fingerprint density at radius 1 is 1.23 bits per heavy atom. The Labute approximate surface area is 127 Å². The average molecular weight is 297 g/mol. The maximum atomic E-state index is 12.1. The number of hydrogen-bond acceptors (Lipinski definition) is 4. The summed E-state index contributed by atoms with van der Waals surface area (Å²) in [5.74, 6) is 0.263. The third-order valence-corrected chi connectivity index (χ3v) is 3.50. The van der Waals surface area contributed by atoms with Crippen LogP contribution in [0.5, 0.6) is 5.75 Å². The molecule has 0 bridgehead atoms. The Bertz CT molecular complexity index is 722. The van der Waals surface area contributed by atoms with E-state index in [1.807, 2.05) is 24.3 Å². The summed E-state index contributed by atoms with van der Waals surface area (Å²) in [7, 11) is 1.60. The lowest BCUT2D eigenvalue weighted by molar-refractivity contribution is -0.115. The van der Waals surface area contributed by atoms with E-state index in [4.69, 9.17) is 9.47 Å². The topological polar surface area (TPSA) is 64.6 Å². The highest BCUT2D eigenvalue weighted by Gasteiger charge is 2.21. The molecule has 0 aromatic heterocycles. The van der Waals surface area contributed by atoms with Crippen molar-refractivity contribution in [2.75, 3.05) is 12.4 Å². The van der Waals surface area contributed by atoms with E-state index in [1.54, 1.807) is 25.3 Å². The molecule has 112 valence electrons. The van der Waals surface area contributed by atoms with Crippen LogP contribution < -0.4 is 10.1 Å². The molecule has 2 aromatic carbocycles. The van der Waals surface area contributed by atoms with Crippen molar-refractivity contribution in [2.45, 2.75) is 13.0 Å². The van der Waals surface area contributed by atoms with Crippen molar-refractivity contribution in [3.05, 3.63) is 59.2 Å². The van der Waals surface area contributed by atoms with Crippen molar-refractivity contribution >= 4 is 17.6 Å². The first-order chi connectivity index (χ1) is 10.7. The lowest BCUT2D eigenvalue weighted by atomic mass is 10.1. The van der Waals surface area contributed by atoms with Crippen LogP contribution in [-0.4, -0.2) is 19.0 Å². The fraction of sp³-hybridized carbons (Fsp3) is 0.176. The van der Waals surface area contributed by atoms with Gasteiger partial charge in [-0.15, -0.1) is 0 Å². The van der Waals surface area contributed by atoms with Crippen LogP contribution >= 0.6 is 0 Å². The Morgan fingerprint density at radius 3 is 2.73 bits per heavy atom. The van der Waals surface area contributed by atoms with Crippen molar-refractivity contribution in [3.63, 3.8) is 0 Å². The summed E-state index contributed by atoms with van der Waals surface area (Å²) < 4.78 is 10.0. The number of fused-ring (bicyclic) bond motifs is 1. The number of esters is 1. The first-order valence-corrected chi connectivity index (χ1v) is 6.88. The molecular weight excluding hydrogens is 282 g/mol. The van der Waals surface area contributed by atoms with Gasteiger partial charge in [0, 0.05) is 11.3 Å². The van der Waals surface area contributed by atoms with E-state index >= 15 is 0 Å². The standard InChI is InChI=1S/C17H15NO4/c1-21-14-6-2-11(3-7-14)8-16(19)18-13-5-4-12-10-22-17(20)15(12)9-13/h2-7,9H,8,10H2,1H3,(H,18,19). The largest absolute Gasteiger partial charge is 0.497 e. The number of rotatable bonds is 4. The monoisotopic (exact) mass is 297 g/mol. The summed E-state index contributed by atoms with van der Waals surface area (Å²) in [6.45, 7) is 0.300. The number of benzene rings is 2. The van der Waals surface area contributed by atoms with Crippen molar-refractivity contribution in [1.82, 2.24) is 0 Å². The maximum absolute atomic E-state index is 12.1. The fourth-order valence-corrected chi connectivity index (χ4v) is 2.33. The average Bonchev–Trinajstić information content (AvgIpc) is 2.89. The Balaban J connectivity index is 1.66. The summed E-state index contributed by atoms with van der Waals surface area (Å²) in [6.07, 6.45) is 0.255. The van der Waals surface area contributed by atoms with Gasteiger partial charge in [0.25, 0.3) is 0 Å². The van der Waals surface area contributed by atoms with E-state index < -0.39 is 0 Å². The molecule has 2 aromatic rings. The third kappa shape index (κ3) is 2.93. The Morgan fingerprint density at radius 2 is 2.00 bits per heavy atom. The van der Waals surface area contributed by atoms with Gasteiger partial charge in [0.1, 0.15) is 12.4 Å². The van der Waals surface area contributed by atoms with E-state index in [-0.39, 0.29) is 18.3 Å². The van der Waals surface area contributed by atoms with Crippen LogP contribution in [0.4, 0.5) is 5.69 Å². The van der Waals surface area contributed by atoms with Crippen LogP contribution in [0, 0.1) is 0 Å². The van der Waals surface area contributed by atoms with Crippen LogP contribution in [0.3, 0.4) is 0 Å². The van der Waals surface area contributed by atoms with Gasteiger partial charge in [0.05, 0.1) is 19.1 Å². The summed E-state index contributed by atoms with van der Waals surface area (Å²) in [4.78, 5) is 23.6. The second kappa shape index (κ2) is 5.89. The lowest BCUT2D eigenvalue weighted by Crippen LogP contribution is -2.14. The van der Waals surface area contributed by atoms with Crippen molar-refractivity contribution in [3.8, 4) is 5.75 Å². The van der Waals surface area contributed by atoms with Crippen LogP contribution in [0.2, 0.25) is 0 Å². The third-order valence-electron chi connectivity index (χ3n) is 3.50. The molecule has 1 heterocycles. The number of anilines is 1. The van der Waals surface area contributed by atoms with Crippen LogP contribution in [-0.2, 0) is 22.6 Å². The molecule has 1 aliphatic heterocycles. The van der Waals surface area contributed by atoms with Crippen LogP contribution in [0.25, 0.3) is 0 Å². The highest BCUT2D eigenvalue weighted by atomic mass is 16.5. The van der Waals surface area contributed by atoms with E-state index in [2.05, 4.69) is 5.32 Å². The van der Waals surface area contributed by atoms with Gasteiger partial charge in [-0.25, -0.2) is 4.79 Å². The number of carbonyl (C=O) groups excluding carboxylic acids is 2. The fourth-order valence-electron chi connectivity index (χ4n) is 2.33. The van der Waals surface area contributed by atoms with Gasteiger partial charge in [-0.3, -0.25) is 4.79 Å². The summed E-state index contributed by atoms with van der Waals surface area (Å²) in [5.41, 5.74) is 2.84. The van der Waals surface area contributed by atoms with E-state index in [9.17, 15) is 9.59 Å². The molecule has 1 N–H and O–H groups in total. The highest BCUT2D eigenvalue weighted by Crippen LogP contribution is 2.23. The minimum absolute atomic E-state index is 0.142. The quantitative estimate of drug-likeness (QED) is 0.881. The molecular formula is C17H15NO4. The molecule has 0 spiro atoms. The molecule has 0 atom stereocenters. The molecule has 5 heteroatoms. The maximum Gasteiger partial charge on any atom is 0.338 e. The van der Waals surface area contributed by atoms with Crippen molar-refractivity contribution in [1.29, 1.82) is 0 Å². The summed E-state index contributed by atoms with van der Waals surface area (Å²) in [6, 6.07) is 12.5. The Kier molecular flexibility index (Phi) is 3.78. The number of carbonyl (C=O) groups is 2. The number of nitrogens with one attached hydrogen (secondary N) is 1. The summed E-state index contributed by atoms with van der Waals surface area (Å²) >= 11 is 0. The van der Waals surface area contributed by atoms with Gasteiger partial charge in [-0.1, -0.05) is 18.2 Å². The normalized spacial score (nSPS) is 12.5. The molecule has 22 heavy (non-hydrogen) atoms. The number of hydrogen-bond donors (Lipinski definition) is 1. The minimum atomic E-state index is -0.346. The molecule has 1 amide bonds. The molecule has 0 fully saturated rings. The SMILES string of the molecule is COc1ccc(CC(=O)Nc2ccc3c(c2)C(=O)OC3)cc1. The van der Waals surface area contributed by atoms with Gasteiger partial charge in [-0.05, 0) is 29.8 Å². The summed E-state index contributed by atoms with van der Waals surface area (Å²) in [5, 5.41) is 2.79. The van der Waals surface area contributed by atoms with Gasteiger partial charge >= 0.3 is 5.97 Å². The minimum Gasteiger partial charge on any atom is -0.497 e. The number of cyclic esters (lactones) is 1. The number of ether oxygens (including phenoxy) is 2. The predicted molar refractivity (Wildman–Crippen MR) is 80.9 cm³/mol. The zero-order chi connectivity index (χ0) is 15.5. The second-order valence-corrected chi connectivity index (χ2v) is 5.02. The highest BCUT2D eigenvalue weighted by molar-refractivity contribution is 5.97. The first-order valence-electron chi connectivity index (χ1n) is 6.88. The number of amides is 1. The smallest absolute Gasteiger partial charge is 0.338 e. The second-order valence-electron chi connectivity index (χ2n) is 5.02. The zero-order valence-corrected chi connectivity index (χ0v) is 12.1. The number of methoxy groups -OCH3 is 1. The van der Waals surface area contributed by atoms with Crippen molar-refractivity contribution in [2.24, 2.45) is 0 Å². The van der Waals surface area contributed by atoms with E-state index in [1.165, 1.54) is 0 Å². The predicted octanol–water partition coefficient (Wildman–Crippen LogP) is 2.55. The molecule has 0 radical (unpaired) electrons. The molecule has 5 nitrogen and oxygen atoms in total. The van der Waals surface area contributed by atoms with Gasteiger partial charge in [0.2, 0.25) is 5.91 Å². The van der Waals surface area contributed by atoms with Crippen LogP contribution in [0.1, 0.15) is 21.5 Å².